The van der Waals surface area contributed by atoms with Gasteiger partial charge in [-0.15, -0.1) is 0 Å². The summed E-state index contributed by atoms with van der Waals surface area (Å²) >= 11 is 0. The standard InChI is InChI=1S/C16H21N3O/c1-3-12-5-7-13(8-6-12)9-10-15(20)18-16-14(4-2)11-17-19-16/h5-8,11H,3-4,9-10H2,1-2H3,(H2,17,18,19,20). The first-order valence-corrected chi connectivity index (χ1v) is 7.12. The molecule has 2 aromatic rings. The van der Waals surface area contributed by atoms with E-state index < -0.39 is 0 Å². The van der Waals surface area contributed by atoms with Gasteiger partial charge in [-0.3, -0.25) is 9.89 Å². The summed E-state index contributed by atoms with van der Waals surface area (Å²) in [5, 5.41) is 9.64. The summed E-state index contributed by atoms with van der Waals surface area (Å²) in [7, 11) is 0. The predicted octanol–water partition coefficient (Wildman–Crippen LogP) is 3.11. The Labute approximate surface area is 119 Å². The van der Waals surface area contributed by atoms with Gasteiger partial charge in [0.1, 0.15) is 5.82 Å². The number of benzene rings is 1. The average molecular weight is 271 g/mol. The molecule has 0 fully saturated rings. The highest BCUT2D eigenvalue weighted by Crippen LogP contribution is 2.12. The number of H-pyrrole nitrogens is 1. The number of carbonyl (C=O) groups is 1. The van der Waals surface area contributed by atoms with E-state index in [1.54, 1.807) is 6.20 Å². The van der Waals surface area contributed by atoms with Gasteiger partial charge in [0.2, 0.25) is 5.91 Å². The van der Waals surface area contributed by atoms with Crippen molar-refractivity contribution in [2.45, 2.75) is 39.5 Å². The largest absolute Gasteiger partial charge is 0.311 e. The van der Waals surface area contributed by atoms with Crippen LogP contribution < -0.4 is 5.32 Å². The number of amides is 1. The highest BCUT2D eigenvalue weighted by molar-refractivity contribution is 5.90. The van der Waals surface area contributed by atoms with Gasteiger partial charge in [0, 0.05) is 12.0 Å². The topological polar surface area (TPSA) is 57.8 Å². The third kappa shape index (κ3) is 3.70. The lowest BCUT2D eigenvalue weighted by molar-refractivity contribution is -0.116. The summed E-state index contributed by atoms with van der Waals surface area (Å²) in [5.74, 6) is 0.738. The number of nitrogens with zero attached hydrogens (tertiary/aromatic N) is 1. The maximum absolute atomic E-state index is 11.9. The van der Waals surface area contributed by atoms with Crippen molar-refractivity contribution in [3.05, 3.63) is 47.2 Å². The zero-order valence-corrected chi connectivity index (χ0v) is 12.1. The summed E-state index contributed by atoms with van der Waals surface area (Å²) in [4.78, 5) is 11.9. The number of aromatic nitrogens is 2. The van der Waals surface area contributed by atoms with Crippen LogP contribution in [0.3, 0.4) is 0 Å². The van der Waals surface area contributed by atoms with Crippen molar-refractivity contribution in [2.75, 3.05) is 5.32 Å². The van der Waals surface area contributed by atoms with Gasteiger partial charge in [0.05, 0.1) is 6.20 Å². The smallest absolute Gasteiger partial charge is 0.225 e. The summed E-state index contributed by atoms with van der Waals surface area (Å²) in [6.45, 7) is 4.17. The Morgan fingerprint density at radius 2 is 1.85 bits per heavy atom. The molecule has 1 aromatic heterocycles. The van der Waals surface area contributed by atoms with Crippen molar-refractivity contribution in [3.63, 3.8) is 0 Å². The molecule has 0 radical (unpaired) electrons. The molecule has 1 amide bonds. The van der Waals surface area contributed by atoms with E-state index in [2.05, 4.69) is 46.7 Å². The Balaban J connectivity index is 1.85. The van der Waals surface area contributed by atoms with E-state index in [1.807, 2.05) is 6.92 Å². The van der Waals surface area contributed by atoms with Gasteiger partial charge in [-0.2, -0.15) is 5.10 Å². The number of nitrogens with one attached hydrogen (secondary N) is 2. The van der Waals surface area contributed by atoms with E-state index in [0.717, 1.165) is 30.6 Å². The van der Waals surface area contributed by atoms with Gasteiger partial charge in [-0.05, 0) is 30.4 Å². The summed E-state index contributed by atoms with van der Waals surface area (Å²) in [6, 6.07) is 8.44. The lowest BCUT2D eigenvalue weighted by Crippen LogP contribution is -2.13. The summed E-state index contributed by atoms with van der Waals surface area (Å²) in [5.41, 5.74) is 3.55. The number of anilines is 1. The minimum Gasteiger partial charge on any atom is -0.311 e. The SMILES string of the molecule is CCc1ccc(CCC(=O)Nc2[nH]ncc2CC)cc1. The van der Waals surface area contributed by atoms with Crippen LogP contribution in [0.5, 0.6) is 0 Å². The molecule has 106 valence electrons. The number of hydrogen-bond donors (Lipinski definition) is 2. The van der Waals surface area contributed by atoms with Crippen molar-refractivity contribution in [2.24, 2.45) is 0 Å². The van der Waals surface area contributed by atoms with Gasteiger partial charge in [-0.1, -0.05) is 38.1 Å². The van der Waals surface area contributed by atoms with Gasteiger partial charge in [0.15, 0.2) is 0 Å². The maximum atomic E-state index is 11.9. The summed E-state index contributed by atoms with van der Waals surface area (Å²) in [6.07, 6.45) is 4.88. The Morgan fingerprint density at radius 1 is 1.15 bits per heavy atom. The maximum Gasteiger partial charge on any atom is 0.225 e. The fourth-order valence-electron chi connectivity index (χ4n) is 2.09. The molecular weight excluding hydrogens is 250 g/mol. The average Bonchev–Trinajstić information content (AvgIpc) is 2.92. The van der Waals surface area contributed by atoms with E-state index in [0.29, 0.717) is 6.42 Å². The van der Waals surface area contributed by atoms with Gasteiger partial charge in [0.25, 0.3) is 0 Å². The minimum absolute atomic E-state index is 0.0171. The van der Waals surface area contributed by atoms with Crippen LogP contribution in [0.4, 0.5) is 5.82 Å². The molecule has 2 N–H and O–H groups in total. The second-order valence-corrected chi connectivity index (χ2v) is 4.84. The first-order chi connectivity index (χ1) is 9.72. The number of carbonyl (C=O) groups excluding carboxylic acids is 1. The molecular formula is C16H21N3O. The zero-order valence-electron chi connectivity index (χ0n) is 12.1. The van der Waals surface area contributed by atoms with Crippen LogP contribution in [0.15, 0.2) is 30.5 Å². The van der Waals surface area contributed by atoms with Crippen molar-refractivity contribution in [1.29, 1.82) is 0 Å². The van der Waals surface area contributed by atoms with Gasteiger partial charge < -0.3 is 5.32 Å². The first-order valence-electron chi connectivity index (χ1n) is 7.12. The van der Waals surface area contributed by atoms with Crippen LogP contribution in [-0.2, 0) is 24.1 Å². The first kappa shape index (κ1) is 14.3. The minimum atomic E-state index is 0.0171. The van der Waals surface area contributed by atoms with Crippen molar-refractivity contribution in [3.8, 4) is 0 Å². The molecule has 0 bridgehead atoms. The van der Waals surface area contributed by atoms with E-state index >= 15 is 0 Å². The van der Waals surface area contributed by atoms with E-state index in [-0.39, 0.29) is 5.91 Å². The Kier molecular flexibility index (Phi) is 4.93. The molecule has 0 aliphatic carbocycles. The molecule has 1 heterocycles. The Bertz CT molecular complexity index is 557. The van der Waals surface area contributed by atoms with Gasteiger partial charge in [-0.25, -0.2) is 0 Å². The van der Waals surface area contributed by atoms with E-state index in [4.69, 9.17) is 0 Å². The third-order valence-corrected chi connectivity index (χ3v) is 3.44. The molecule has 0 aliphatic heterocycles. The lowest BCUT2D eigenvalue weighted by atomic mass is 10.1. The number of hydrogen-bond acceptors (Lipinski definition) is 2. The molecule has 4 heteroatoms. The van der Waals surface area contributed by atoms with Crippen LogP contribution in [0.25, 0.3) is 0 Å². The monoisotopic (exact) mass is 271 g/mol. The van der Waals surface area contributed by atoms with E-state index in [1.165, 1.54) is 11.1 Å². The fourth-order valence-corrected chi connectivity index (χ4v) is 2.09. The van der Waals surface area contributed by atoms with Crippen molar-refractivity contribution >= 4 is 11.7 Å². The molecule has 0 spiro atoms. The van der Waals surface area contributed by atoms with Crippen LogP contribution in [0.2, 0.25) is 0 Å². The fraction of sp³-hybridized carbons (Fsp3) is 0.375. The van der Waals surface area contributed by atoms with Crippen molar-refractivity contribution < 1.29 is 4.79 Å². The lowest BCUT2D eigenvalue weighted by Gasteiger charge is -2.05. The summed E-state index contributed by atoms with van der Waals surface area (Å²) < 4.78 is 0. The van der Waals surface area contributed by atoms with Crippen LogP contribution >= 0.6 is 0 Å². The second-order valence-electron chi connectivity index (χ2n) is 4.84. The molecule has 0 aliphatic rings. The van der Waals surface area contributed by atoms with Gasteiger partial charge >= 0.3 is 0 Å². The van der Waals surface area contributed by atoms with Crippen LogP contribution in [0.1, 0.15) is 37.0 Å². The number of aryl methyl sites for hydroxylation is 3. The molecule has 0 atom stereocenters. The zero-order chi connectivity index (χ0) is 14.4. The Morgan fingerprint density at radius 3 is 2.50 bits per heavy atom. The van der Waals surface area contributed by atoms with Crippen LogP contribution in [0, 0.1) is 0 Å². The number of aromatic amines is 1. The number of rotatable bonds is 6. The van der Waals surface area contributed by atoms with Crippen molar-refractivity contribution in [1.82, 2.24) is 10.2 Å². The highest BCUT2D eigenvalue weighted by Gasteiger charge is 2.07. The molecule has 1 aromatic carbocycles. The molecule has 0 saturated heterocycles. The molecule has 2 rings (SSSR count). The molecule has 20 heavy (non-hydrogen) atoms. The molecule has 4 nitrogen and oxygen atoms in total. The second kappa shape index (κ2) is 6.89. The third-order valence-electron chi connectivity index (χ3n) is 3.44. The molecule has 0 saturated carbocycles. The quantitative estimate of drug-likeness (QED) is 0.848. The van der Waals surface area contributed by atoms with E-state index in [9.17, 15) is 4.79 Å². The van der Waals surface area contributed by atoms with Crippen LogP contribution in [-0.4, -0.2) is 16.1 Å². The predicted molar refractivity (Wildman–Crippen MR) is 80.7 cm³/mol. The highest BCUT2D eigenvalue weighted by atomic mass is 16.1. The molecule has 0 unspecified atom stereocenters. The Hall–Kier alpha value is -2.10. The normalized spacial score (nSPS) is 10.5.